The zero-order valence-corrected chi connectivity index (χ0v) is 7.47. The highest BCUT2D eigenvalue weighted by molar-refractivity contribution is 7.91. The van der Waals surface area contributed by atoms with Crippen molar-refractivity contribution in [2.45, 2.75) is 4.90 Å². The molecule has 0 bridgehead atoms. The summed E-state index contributed by atoms with van der Waals surface area (Å²) in [5.41, 5.74) is 0. The van der Waals surface area contributed by atoms with Crippen LogP contribution in [-0.4, -0.2) is 21.5 Å². The second-order valence-electron chi connectivity index (χ2n) is 2.25. The molecule has 0 N–H and O–H groups in total. The number of methoxy groups -OCH3 is 1. The Kier molecular flexibility index (Phi) is 2.83. The van der Waals surface area contributed by atoms with Gasteiger partial charge in [0.25, 0.3) is 0 Å². The first-order chi connectivity index (χ1) is 5.67. The number of hydrogen-bond donors (Lipinski definition) is 0. The largest absolute Gasteiger partial charge is 0.368 e. The molecular formula is C8H9O3S. The molecule has 0 aliphatic heterocycles. The van der Waals surface area contributed by atoms with Gasteiger partial charge in [0.05, 0.1) is 4.90 Å². The van der Waals surface area contributed by atoms with Crippen molar-refractivity contribution in [3.63, 3.8) is 0 Å². The fourth-order valence-corrected chi connectivity index (χ4v) is 1.76. The van der Waals surface area contributed by atoms with Crippen molar-refractivity contribution >= 4 is 9.84 Å². The van der Waals surface area contributed by atoms with Crippen molar-refractivity contribution in [3.05, 3.63) is 30.3 Å². The molecule has 0 saturated carbocycles. The van der Waals surface area contributed by atoms with Crippen molar-refractivity contribution in [1.82, 2.24) is 0 Å². The van der Waals surface area contributed by atoms with E-state index in [0.717, 1.165) is 0 Å². The summed E-state index contributed by atoms with van der Waals surface area (Å²) in [6.45, 7) is 0. The van der Waals surface area contributed by atoms with Crippen molar-refractivity contribution in [2.24, 2.45) is 0 Å². The Morgan fingerprint density at radius 1 is 1.50 bits per heavy atom. The van der Waals surface area contributed by atoms with Gasteiger partial charge in [0.2, 0.25) is 9.84 Å². The van der Waals surface area contributed by atoms with Crippen LogP contribution in [0.2, 0.25) is 0 Å². The van der Waals surface area contributed by atoms with Crippen molar-refractivity contribution < 1.29 is 13.2 Å². The molecule has 12 heavy (non-hydrogen) atoms. The van der Waals surface area contributed by atoms with Gasteiger partial charge in [0.1, 0.15) is 0 Å². The molecule has 1 radical (unpaired) electrons. The average molecular weight is 185 g/mol. The van der Waals surface area contributed by atoms with Crippen LogP contribution < -0.4 is 0 Å². The molecule has 0 aliphatic carbocycles. The van der Waals surface area contributed by atoms with Crippen LogP contribution in [0.25, 0.3) is 0 Å². The summed E-state index contributed by atoms with van der Waals surface area (Å²) in [6.07, 6.45) is 0. The molecule has 0 aliphatic rings. The van der Waals surface area contributed by atoms with Gasteiger partial charge in [-0.25, -0.2) is 8.42 Å². The SMILES string of the molecule is COCS(=O)(=O)c1[c]cccc1. The van der Waals surface area contributed by atoms with E-state index >= 15 is 0 Å². The van der Waals surface area contributed by atoms with Gasteiger partial charge < -0.3 is 4.74 Å². The monoisotopic (exact) mass is 185 g/mol. The zero-order valence-electron chi connectivity index (χ0n) is 6.65. The Morgan fingerprint density at radius 2 is 2.25 bits per heavy atom. The predicted octanol–water partition coefficient (Wildman–Crippen LogP) is 0.864. The van der Waals surface area contributed by atoms with Gasteiger partial charge in [0.15, 0.2) is 5.94 Å². The third kappa shape index (κ3) is 2.06. The Morgan fingerprint density at radius 3 is 2.75 bits per heavy atom. The Hall–Kier alpha value is -0.870. The molecule has 4 heteroatoms. The van der Waals surface area contributed by atoms with Crippen molar-refractivity contribution in [2.75, 3.05) is 13.0 Å². The van der Waals surface area contributed by atoms with Crippen LogP contribution in [0.5, 0.6) is 0 Å². The first kappa shape index (κ1) is 9.22. The van der Waals surface area contributed by atoms with E-state index in [-0.39, 0.29) is 10.8 Å². The summed E-state index contributed by atoms with van der Waals surface area (Å²) in [7, 11) is -1.94. The summed E-state index contributed by atoms with van der Waals surface area (Å²) >= 11 is 0. The Bertz CT molecular complexity index is 329. The Labute approximate surface area is 71.9 Å². The van der Waals surface area contributed by atoms with Crippen LogP contribution in [0.15, 0.2) is 29.2 Å². The summed E-state index contributed by atoms with van der Waals surface area (Å²) in [4.78, 5) is 0.173. The van der Waals surface area contributed by atoms with E-state index in [2.05, 4.69) is 10.8 Å². The molecule has 1 aromatic rings. The molecule has 0 fully saturated rings. The molecule has 0 heterocycles. The zero-order chi connectivity index (χ0) is 9.03. The third-order valence-corrected chi connectivity index (χ3v) is 2.76. The lowest BCUT2D eigenvalue weighted by Gasteiger charge is -2.00. The van der Waals surface area contributed by atoms with E-state index in [1.54, 1.807) is 18.2 Å². The molecule has 1 rings (SSSR count). The molecule has 65 valence electrons. The molecular weight excluding hydrogens is 176 g/mol. The molecule has 1 aromatic carbocycles. The minimum Gasteiger partial charge on any atom is -0.368 e. The van der Waals surface area contributed by atoms with E-state index in [1.807, 2.05) is 0 Å². The van der Waals surface area contributed by atoms with Crippen LogP contribution in [0.3, 0.4) is 0 Å². The lowest BCUT2D eigenvalue weighted by Crippen LogP contribution is -2.07. The maximum absolute atomic E-state index is 11.3. The van der Waals surface area contributed by atoms with Crippen LogP contribution in [0, 0.1) is 6.07 Å². The number of sulfone groups is 1. The highest BCUT2D eigenvalue weighted by atomic mass is 32.2. The van der Waals surface area contributed by atoms with Crippen LogP contribution in [-0.2, 0) is 14.6 Å². The number of ether oxygens (including phenoxy) is 1. The van der Waals surface area contributed by atoms with E-state index in [4.69, 9.17) is 0 Å². The standard InChI is InChI=1S/C8H9O3S/c1-11-7-12(9,10)8-5-3-2-4-6-8/h2-5H,7H2,1H3. The van der Waals surface area contributed by atoms with Crippen LogP contribution >= 0.6 is 0 Å². The fraction of sp³-hybridized carbons (Fsp3) is 0.250. The molecule has 0 spiro atoms. The molecule has 0 atom stereocenters. The lowest BCUT2D eigenvalue weighted by molar-refractivity contribution is 0.250. The summed E-state index contributed by atoms with van der Waals surface area (Å²) in [5.74, 6) is -0.298. The van der Waals surface area contributed by atoms with Gasteiger partial charge in [-0.1, -0.05) is 18.2 Å². The van der Waals surface area contributed by atoms with Crippen LogP contribution in [0.1, 0.15) is 0 Å². The van der Waals surface area contributed by atoms with Gasteiger partial charge >= 0.3 is 0 Å². The van der Waals surface area contributed by atoms with E-state index in [1.165, 1.54) is 13.2 Å². The molecule has 0 aromatic heterocycles. The maximum Gasteiger partial charge on any atom is 0.202 e. The van der Waals surface area contributed by atoms with E-state index in [9.17, 15) is 8.42 Å². The van der Waals surface area contributed by atoms with E-state index in [0.29, 0.717) is 0 Å². The van der Waals surface area contributed by atoms with Gasteiger partial charge in [0, 0.05) is 13.2 Å². The minimum absolute atomic E-state index is 0.173. The van der Waals surface area contributed by atoms with Crippen LogP contribution in [0.4, 0.5) is 0 Å². The smallest absolute Gasteiger partial charge is 0.202 e. The summed E-state index contributed by atoms with van der Waals surface area (Å²) < 4.78 is 27.1. The number of benzene rings is 1. The molecule has 0 saturated heterocycles. The van der Waals surface area contributed by atoms with Crippen molar-refractivity contribution in [1.29, 1.82) is 0 Å². The number of hydrogen-bond acceptors (Lipinski definition) is 3. The second-order valence-corrected chi connectivity index (χ2v) is 4.15. The predicted molar refractivity (Wildman–Crippen MR) is 44.3 cm³/mol. The Balaban J connectivity index is 2.99. The molecule has 3 nitrogen and oxygen atoms in total. The highest BCUT2D eigenvalue weighted by Crippen LogP contribution is 2.08. The highest BCUT2D eigenvalue weighted by Gasteiger charge is 2.12. The first-order valence-corrected chi connectivity index (χ1v) is 5.00. The normalized spacial score (nSPS) is 11.4. The minimum atomic E-state index is -3.29. The fourth-order valence-electron chi connectivity index (χ4n) is 0.789. The molecule has 0 amide bonds. The van der Waals surface area contributed by atoms with Gasteiger partial charge in [-0.15, -0.1) is 0 Å². The second kappa shape index (κ2) is 3.69. The van der Waals surface area contributed by atoms with Crippen molar-refractivity contribution in [3.8, 4) is 0 Å². The molecule has 0 unspecified atom stereocenters. The number of rotatable bonds is 3. The summed E-state index contributed by atoms with van der Waals surface area (Å²) in [6, 6.07) is 9.04. The van der Waals surface area contributed by atoms with Gasteiger partial charge in [-0.05, 0) is 6.07 Å². The lowest BCUT2D eigenvalue weighted by atomic mass is 10.4. The third-order valence-electron chi connectivity index (χ3n) is 1.29. The summed E-state index contributed by atoms with van der Waals surface area (Å²) in [5, 5.41) is 0. The van der Waals surface area contributed by atoms with Gasteiger partial charge in [-0.3, -0.25) is 0 Å². The van der Waals surface area contributed by atoms with Gasteiger partial charge in [-0.2, -0.15) is 0 Å². The quantitative estimate of drug-likeness (QED) is 0.701. The maximum atomic E-state index is 11.3. The average Bonchev–Trinajstić information content (AvgIpc) is 2.06. The first-order valence-electron chi connectivity index (χ1n) is 3.35. The topological polar surface area (TPSA) is 43.4 Å². The van der Waals surface area contributed by atoms with E-state index < -0.39 is 9.84 Å².